The second kappa shape index (κ2) is 11.1. The van der Waals surface area contributed by atoms with Gasteiger partial charge >= 0.3 is 0 Å². The molecule has 0 saturated heterocycles. The smallest absolute Gasteiger partial charge is 0.125 e. The first-order chi connectivity index (χ1) is 9.12. The molecule has 0 rings (SSSR count). The van der Waals surface area contributed by atoms with Gasteiger partial charge in [0.05, 0.1) is 6.10 Å². The summed E-state index contributed by atoms with van der Waals surface area (Å²) in [5, 5.41) is 0. The standard InChI is InChI=1S/C16H31NO2/c1-6-9-14(10-11-17)19-16(12-13(4)7-2)15(8-3)18-5/h6,9-10,13,15-16H,7-8,11-12,17H2,1-5H3/b9-6-,14-10+/t13?,15?,16-/m1/s1. The van der Waals surface area contributed by atoms with Crippen molar-refractivity contribution in [3.63, 3.8) is 0 Å². The first-order valence-corrected chi connectivity index (χ1v) is 7.35. The average Bonchev–Trinajstić information content (AvgIpc) is 2.40. The van der Waals surface area contributed by atoms with Gasteiger partial charge in [-0.05, 0) is 37.8 Å². The lowest BCUT2D eigenvalue weighted by Crippen LogP contribution is -2.31. The predicted octanol–water partition coefficient (Wildman–Crippen LogP) is 3.65. The minimum Gasteiger partial charge on any atom is -0.488 e. The fraction of sp³-hybridized carbons (Fsp3) is 0.750. The van der Waals surface area contributed by atoms with Crippen molar-refractivity contribution in [2.45, 2.75) is 59.2 Å². The fourth-order valence-corrected chi connectivity index (χ4v) is 2.03. The van der Waals surface area contributed by atoms with Crippen molar-refractivity contribution in [3.05, 3.63) is 24.0 Å². The lowest BCUT2D eigenvalue weighted by atomic mass is 9.96. The molecule has 0 fully saturated rings. The molecule has 0 aromatic rings. The first kappa shape index (κ1) is 18.2. The zero-order chi connectivity index (χ0) is 14.7. The number of hydrogen-bond donors (Lipinski definition) is 1. The third-order valence-corrected chi connectivity index (χ3v) is 3.39. The molecule has 0 heterocycles. The summed E-state index contributed by atoms with van der Waals surface area (Å²) >= 11 is 0. The van der Waals surface area contributed by atoms with Gasteiger partial charge < -0.3 is 15.2 Å². The fourth-order valence-electron chi connectivity index (χ4n) is 2.03. The quantitative estimate of drug-likeness (QED) is 0.486. The highest BCUT2D eigenvalue weighted by molar-refractivity contribution is 5.12. The van der Waals surface area contributed by atoms with Gasteiger partial charge in [0.15, 0.2) is 0 Å². The van der Waals surface area contributed by atoms with Gasteiger partial charge in [0.1, 0.15) is 11.9 Å². The molecule has 0 bridgehead atoms. The van der Waals surface area contributed by atoms with Crippen LogP contribution in [0.1, 0.15) is 47.0 Å². The van der Waals surface area contributed by atoms with E-state index >= 15 is 0 Å². The molecule has 3 nitrogen and oxygen atoms in total. The lowest BCUT2D eigenvalue weighted by molar-refractivity contribution is -0.0380. The summed E-state index contributed by atoms with van der Waals surface area (Å²) in [5.74, 6) is 1.47. The highest BCUT2D eigenvalue weighted by Gasteiger charge is 2.23. The Morgan fingerprint density at radius 3 is 2.32 bits per heavy atom. The van der Waals surface area contributed by atoms with Crippen LogP contribution in [0.2, 0.25) is 0 Å². The van der Waals surface area contributed by atoms with Crippen molar-refractivity contribution < 1.29 is 9.47 Å². The molecule has 3 heteroatoms. The molecule has 0 aliphatic heterocycles. The SMILES string of the molecule is C/C=C\C(=C/CN)O[C@H](CC(C)CC)C(CC)OC. The van der Waals surface area contributed by atoms with E-state index < -0.39 is 0 Å². The zero-order valence-corrected chi connectivity index (χ0v) is 13.2. The summed E-state index contributed by atoms with van der Waals surface area (Å²) in [6.07, 6.45) is 9.14. The topological polar surface area (TPSA) is 44.5 Å². The van der Waals surface area contributed by atoms with Gasteiger partial charge in [-0.1, -0.05) is 33.3 Å². The average molecular weight is 269 g/mol. The van der Waals surface area contributed by atoms with E-state index in [1.54, 1.807) is 7.11 Å². The summed E-state index contributed by atoms with van der Waals surface area (Å²) in [4.78, 5) is 0. The molecule has 2 unspecified atom stereocenters. The molecular weight excluding hydrogens is 238 g/mol. The van der Waals surface area contributed by atoms with Gasteiger partial charge in [-0.2, -0.15) is 0 Å². The van der Waals surface area contributed by atoms with E-state index in [4.69, 9.17) is 15.2 Å². The van der Waals surface area contributed by atoms with Gasteiger partial charge in [0.2, 0.25) is 0 Å². The largest absolute Gasteiger partial charge is 0.488 e. The lowest BCUT2D eigenvalue weighted by Gasteiger charge is -2.28. The highest BCUT2D eigenvalue weighted by atomic mass is 16.5. The number of allylic oxidation sites excluding steroid dienone is 2. The van der Waals surface area contributed by atoms with Crippen molar-refractivity contribution in [1.29, 1.82) is 0 Å². The third kappa shape index (κ3) is 7.38. The Morgan fingerprint density at radius 1 is 1.21 bits per heavy atom. The molecular formula is C16H31NO2. The van der Waals surface area contributed by atoms with Crippen LogP contribution in [0.25, 0.3) is 0 Å². The van der Waals surface area contributed by atoms with E-state index in [-0.39, 0.29) is 12.2 Å². The highest BCUT2D eigenvalue weighted by Crippen LogP contribution is 2.21. The van der Waals surface area contributed by atoms with Crippen molar-refractivity contribution in [2.24, 2.45) is 11.7 Å². The van der Waals surface area contributed by atoms with Crippen LogP contribution in [0, 0.1) is 5.92 Å². The molecule has 0 aliphatic rings. The minimum atomic E-state index is 0.0824. The van der Waals surface area contributed by atoms with Gasteiger partial charge in [-0.25, -0.2) is 0 Å². The van der Waals surface area contributed by atoms with Crippen molar-refractivity contribution in [1.82, 2.24) is 0 Å². The van der Waals surface area contributed by atoms with Gasteiger partial charge in [0.25, 0.3) is 0 Å². The number of rotatable bonds is 10. The Hall–Kier alpha value is -0.800. The molecule has 0 radical (unpaired) electrons. The molecule has 0 saturated carbocycles. The summed E-state index contributed by atoms with van der Waals surface area (Å²) in [6.45, 7) is 9.05. The maximum Gasteiger partial charge on any atom is 0.125 e. The van der Waals surface area contributed by atoms with Crippen molar-refractivity contribution >= 4 is 0 Å². The van der Waals surface area contributed by atoms with E-state index in [0.717, 1.165) is 25.0 Å². The van der Waals surface area contributed by atoms with Crippen molar-refractivity contribution in [2.75, 3.05) is 13.7 Å². The Balaban J connectivity index is 4.85. The molecule has 0 aliphatic carbocycles. The molecule has 112 valence electrons. The predicted molar refractivity (Wildman–Crippen MR) is 82.0 cm³/mol. The maximum atomic E-state index is 6.12. The number of methoxy groups -OCH3 is 1. The van der Waals surface area contributed by atoms with Crippen LogP contribution in [-0.2, 0) is 9.47 Å². The molecule has 2 N–H and O–H groups in total. The van der Waals surface area contributed by atoms with Crippen LogP contribution in [0.4, 0.5) is 0 Å². The number of hydrogen-bond acceptors (Lipinski definition) is 3. The van der Waals surface area contributed by atoms with E-state index in [9.17, 15) is 0 Å². The zero-order valence-electron chi connectivity index (χ0n) is 13.2. The summed E-state index contributed by atoms with van der Waals surface area (Å²) in [6, 6.07) is 0. The second-order valence-electron chi connectivity index (χ2n) is 4.93. The molecule has 0 aromatic carbocycles. The Morgan fingerprint density at radius 2 is 1.89 bits per heavy atom. The number of ether oxygens (including phenoxy) is 2. The molecule has 0 spiro atoms. The van der Waals surface area contributed by atoms with Gasteiger partial charge in [-0.15, -0.1) is 0 Å². The van der Waals surface area contributed by atoms with E-state index in [0.29, 0.717) is 12.5 Å². The second-order valence-corrected chi connectivity index (χ2v) is 4.93. The maximum absolute atomic E-state index is 6.12. The monoisotopic (exact) mass is 269 g/mol. The van der Waals surface area contributed by atoms with E-state index in [1.807, 2.05) is 25.2 Å². The Labute approximate surface area is 118 Å². The minimum absolute atomic E-state index is 0.0824. The number of nitrogens with two attached hydrogens (primary N) is 1. The molecule has 0 amide bonds. The summed E-state index contributed by atoms with van der Waals surface area (Å²) in [5.41, 5.74) is 5.58. The van der Waals surface area contributed by atoms with Crippen LogP contribution in [-0.4, -0.2) is 25.9 Å². The van der Waals surface area contributed by atoms with E-state index in [1.165, 1.54) is 0 Å². The Kier molecular flexibility index (Phi) is 10.6. The first-order valence-electron chi connectivity index (χ1n) is 7.35. The molecule has 3 atom stereocenters. The summed E-state index contributed by atoms with van der Waals surface area (Å²) in [7, 11) is 1.75. The Bertz CT molecular complexity index is 270. The van der Waals surface area contributed by atoms with Crippen LogP contribution in [0.3, 0.4) is 0 Å². The van der Waals surface area contributed by atoms with E-state index in [2.05, 4.69) is 20.8 Å². The van der Waals surface area contributed by atoms with Crippen molar-refractivity contribution in [3.8, 4) is 0 Å². The van der Waals surface area contributed by atoms with Crippen LogP contribution in [0.15, 0.2) is 24.0 Å². The van der Waals surface area contributed by atoms with Crippen LogP contribution >= 0.6 is 0 Å². The summed E-state index contributed by atoms with van der Waals surface area (Å²) < 4.78 is 11.7. The van der Waals surface area contributed by atoms with Crippen LogP contribution in [0.5, 0.6) is 0 Å². The van der Waals surface area contributed by atoms with Gasteiger partial charge in [0, 0.05) is 13.7 Å². The van der Waals surface area contributed by atoms with Gasteiger partial charge in [-0.3, -0.25) is 0 Å². The molecule has 19 heavy (non-hydrogen) atoms. The molecule has 0 aromatic heterocycles. The third-order valence-electron chi connectivity index (χ3n) is 3.39. The van der Waals surface area contributed by atoms with Crippen LogP contribution < -0.4 is 5.73 Å². The normalized spacial score (nSPS) is 17.5.